The number of fused-ring (bicyclic) bond motifs is 7. The minimum absolute atomic E-state index is 0.0390. The molecule has 1 fully saturated rings. The summed E-state index contributed by atoms with van der Waals surface area (Å²) in [6.45, 7) is 0. The number of ether oxygens (including phenoxy) is 2. The molecule has 268 valence electrons. The van der Waals surface area contributed by atoms with Crippen molar-refractivity contribution in [1.29, 1.82) is 0 Å². The first-order valence-corrected chi connectivity index (χ1v) is 20.8. The molecule has 0 amide bonds. The van der Waals surface area contributed by atoms with Crippen LogP contribution in [-0.2, 0) is 4.74 Å². The molecule has 7 unspecified atom stereocenters. The second-order valence-corrected chi connectivity index (χ2v) is 16.9. The monoisotopic (exact) mass is 697 g/mol. The normalized spacial score (nSPS) is 33.7. The van der Waals surface area contributed by atoms with Gasteiger partial charge in [-0.3, -0.25) is 0 Å². The van der Waals surface area contributed by atoms with Crippen LogP contribution in [0.15, 0.2) is 149 Å². The molecule has 53 heavy (non-hydrogen) atoms. The molecule has 3 nitrogen and oxygen atoms in total. The molecule has 2 aliphatic heterocycles. The molecular weight excluding hydrogens is 647 g/mol. The fourth-order valence-corrected chi connectivity index (χ4v) is 11.7. The smallest absolute Gasteiger partial charge is 0.148 e. The lowest BCUT2D eigenvalue weighted by atomic mass is 9.72. The van der Waals surface area contributed by atoms with Crippen molar-refractivity contribution >= 4 is 11.1 Å². The van der Waals surface area contributed by atoms with Crippen LogP contribution in [0.3, 0.4) is 0 Å². The summed E-state index contributed by atoms with van der Waals surface area (Å²) in [5.41, 5.74) is 15.2. The van der Waals surface area contributed by atoms with Crippen LogP contribution in [0.25, 0.3) is 11.1 Å². The van der Waals surface area contributed by atoms with Gasteiger partial charge in [0.05, 0.1) is 18.2 Å². The third-order valence-electron chi connectivity index (χ3n) is 14.2. The van der Waals surface area contributed by atoms with E-state index in [4.69, 9.17) is 9.47 Å². The Morgan fingerprint density at radius 1 is 0.736 bits per heavy atom. The number of para-hydroxylation sites is 1. The fourth-order valence-electron chi connectivity index (χ4n) is 11.7. The molecule has 0 bridgehead atoms. The predicted molar refractivity (Wildman–Crippen MR) is 215 cm³/mol. The average molecular weight is 698 g/mol. The van der Waals surface area contributed by atoms with Crippen molar-refractivity contribution in [2.24, 2.45) is 17.8 Å². The summed E-state index contributed by atoms with van der Waals surface area (Å²) in [6, 6.07) is 20.3. The molecule has 2 aromatic rings. The zero-order chi connectivity index (χ0) is 34.9. The largest absolute Gasteiger partial charge is 0.483 e. The highest BCUT2D eigenvalue weighted by Crippen LogP contribution is 2.51. The fraction of sp³-hybridized carbons (Fsp3) is 0.400. The van der Waals surface area contributed by atoms with Crippen LogP contribution >= 0.6 is 0 Å². The average Bonchev–Trinajstić information content (AvgIpc) is 3.80. The van der Waals surface area contributed by atoms with E-state index in [9.17, 15) is 0 Å². The van der Waals surface area contributed by atoms with E-state index in [1.54, 1.807) is 33.6 Å². The Morgan fingerprint density at radius 2 is 1.66 bits per heavy atom. The van der Waals surface area contributed by atoms with E-state index in [1.807, 2.05) is 0 Å². The molecular formula is C50H51NO2. The number of hydrogen-bond donors (Lipinski definition) is 0. The standard InChI is InChI=1S/C50H51NO2/c1-2-10-33(11-3-1)41-15-8-16-44-45-31-35(24-29-48(45)52-49(41)44)32-22-25-37(26-23-32)51(46-18-9-17-43-42-14-6-7-19-47(42)53-50(43)46)38-27-28-40-36(30-38)21-20-34-12-4-5-13-39(34)40/h1-4,6-7,9-12,14-15,17-19,24-25,29,31-32,38,44-46,48-50H,5,8,13,16,20-23,26-28,30H2/t32?,38-,44?,45?,46?,48?,49?,50?/m1/s1. The zero-order valence-corrected chi connectivity index (χ0v) is 30.8. The molecule has 3 heteroatoms. The number of rotatable bonds is 5. The molecule has 0 N–H and O–H groups in total. The Bertz CT molecular complexity index is 2100. The van der Waals surface area contributed by atoms with Crippen LogP contribution in [-0.4, -0.2) is 35.3 Å². The number of nitrogens with zero attached hydrogens (tertiary/aromatic N) is 1. The van der Waals surface area contributed by atoms with Crippen LogP contribution in [0.4, 0.5) is 0 Å². The lowest BCUT2D eigenvalue weighted by Crippen LogP contribution is -2.50. The van der Waals surface area contributed by atoms with Gasteiger partial charge in [0.1, 0.15) is 11.9 Å². The van der Waals surface area contributed by atoms with Gasteiger partial charge in [-0.25, -0.2) is 0 Å². The van der Waals surface area contributed by atoms with Gasteiger partial charge in [-0.15, -0.1) is 0 Å². The predicted octanol–water partition coefficient (Wildman–Crippen LogP) is 11.4. The Labute approximate surface area is 315 Å². The molecule has 11 rings (SSSR count). The highest BCUT2D eigenvalue weighted by atomic mass is 16.5. The van der Waals surface area contributed by atoms with E-state index in [1.165, 1.54) is 80.1 Å². The SMILES string of the molecule is C1=CC(N(C2=CCC(C3=CC4C(C=C3)OC3C(c5ccccc5)=CCCC34)CC2)[C@@H]2CCC3=C(CCC4=C3CCC=C4)C2)C2Oc3ccccc3C2=C1. The summed E-state index contributed by atoms with van der Waals surface area (Å²) < 4.78 is 13.7. The maximum Gasteiger partial charge on any atom is 0.148 e. The van der Waals surface area contributed by atoms with Crippen molar-refractivity contribution in [3.05, 3.63) is 160 Å². The summed E-state index contributed by atoms with van der Waals surface area (Å²) in [4.78, 5) is 2.88. The van der Waals surface area contributed by atoms with E-state index in [0.717, 1.165) is 25.0 Å². The molecule has 0 spiro atoms. The summed E-state index contributed by atoms with van der Waals surface area (Å²) in [7, 11) is 0. The molecule has 2 aromatic carbocycles. The van der Waals surface area contributed by atoms with Gasteiger partial charge in [-0.1, -0.05) is 115 Å². The second-order valence-electron chi connectivity index (χ2n) is 16.9. The second kappa shape index (κ2) is 13.2. The minimum atomic E-state index is 0.0390. The van der Waals surface area contributed by atoms with Crippen molar-refractivity contribution in [1.82, 2.24) is 4.90 Å². The Balaban J connectivity index is 0.870. The molecule has 0 radical (unpaired) electrons. The van der Waals surface area contributed by atoms with Gasteiger partial charge in [-0.2, -0.15) is 0 Å². The third-order valence-corrected chi connectivity index (χ3v) is 14.2. The van der Waals surface area contributed by atoms with Gasteiger partial charge in [0, 0.05) is 28.8 Å². The van der Waals surface area contributed by atoms with Gasteiger partial charge in [0.25, 0.3) is 0 Å². The summed E-state index contributed by atoms with van der Waals surface area (Å²) in [5.74, 6) is 2.64. The van der Waals surface area contributed by atoms with Crippen molar-refractivity contribution in [2.75, 3.05) is 0 Å². The first kappa shape index (κ1) is 32.1. The highest BCUT2D eigenvalue weighted by molar-refractivity contribution is 5.80. The van der Waals surface area contributed by atoms with Crippen molar-refractivity contribution < 1.29 is 9.47 Å². The lowest BCUT2D eigenvalue weighted by Gasteiger charge is -2.47. The molecule has 9 aliphatic rings. The van der Waals surface area contributed by atoms with E-state index in [0.29, 0.717) is 23.8 Å². The van der Waals surface area contributed by atoms with Gasteiger partial charge in [0.2, 0.25) is 0 Å². The Kier molecular flexibility index (Phi) is 8.00. The third kappa shape index (κ3) is 5.48. The summed E-state index contributed by atoms with van der Waals surface area (Å²) >= 11 is 0. The van der Waals surface area contributed by atoms with Crippen LogP contribution in [0, 0.1) is 17.8 Å². The molecule has 7 aliphatic carbocycles. The Hall–Kier alpha value is -4.34. The summed E-state index contributed by atoms with van der Waals surface area (Å²) in [5, 5.41) is 0. The minimum Gasteiger partial charge on any atom is -0.483 e. The van der Waals surface area contributed by atoms with Crippen LogP contribution in [0.2, 0.25) is 0 Å². The molecule has 0 saturated carbocycles. The van der Waals surface area contributed by atoms with E-state index >= 15 is 0 Å². The van der Waals surface area contributed by atoms with E-state index in [2.05, 4.69) is 120 Å². The number of allylic oxidation sites excluding steroid dienone is 12. The van der Waals surface area contributed by atoms with Crippen molar-refractivity contribution in [3.8, 4) is 5.75 Å². The maximum absolute atomic E-state index is 6.85. The van der Waals surface area contributed by atoms with Gasteiger partial charge >= 0.3 is 0 Å². The Morgan fingerprint density at radius 3 is 2.58 bits per heavy atom. The zero-order valence-electron chi connectivity index (χ0n) is 30.8. The van der Waals surface area contributed by atoms with Gasteiger partial charge in [-0.05, 0) is 128 Å². The quantitative estimate of drug-likeness (QED) is 0.310. The summed E-state index contributed by atoms with van der Waals surface area (Å²) in [6.07, 6.45) is 39.2. The van der Waals surface area contributed by atoms with E-state index < -0.39 is 0 Å². The van der Waals surface area contributed by atoms with Crippen molar-refractivity contribution in [3.63, 3.8) is 0 Å². The molecule has 1 saturated heterocycles. The molecule has 2 heterocycles. The first-order valence-electron chi connectivity index (χ1n) is 20.8. The molecule has 8 atom stereocenters. The van der Waals surface area contributed by atoms with E-state index in [-0.39, 0.29) is 24.4 Å². The van der Waals surface area contributed by atoms with Gasteiger partial charge < -0.3 is 14.4 Å². The van der Waals surface area contributed by atoms with Crippen molar-refractivity contribution in [2.45, 2.75) is 107 Å². The first-order chi connectivity index (χ1) is 26.3. The highest BCUT2D eigenvalue weighted by Gasteiger charge is 2.47. The van der Waals surface area contributed by atoms with Gasteiger partial charge in [0.15, 0.2) is 0 Å². The number of hydrogen-bond acceptors (Lipinski definition) is 3. The number of benzene rings is 2. The molecule has 0 aromatic heterocycles. The lowest BCUT2D eigenvalue weighted by molar-refractivity contribution is 0.0884. The van der Waals surface area contributed by atoms with Crippen LogP contribution < -0.4 is 4.74 Å². The van der Waals surface area contributed by atoms with Crippen LogP contribution in [0.1, 0.15) is 88.2 Å². The van der Waals surface area contributed by atoms with Crippen LogP contribution in [0.5, 0.6) is 5.75 Å². The topological polar surface area (TPSA) is 21.7 Å². The maximum atomic E-state index is 6.85.